The molecule has 0 saturated heterocycles. The number of rotatable bonds is 8. The number of carbonyl (C=O) groups excluding carboxylic acids is 2. The van der Waals surface area contributed by atoms with Crippen molar-refractivity contribution in [1.29, 1.82) is 0 Å². The smallest absolute Gasteiger partial charge is 0.337 e. The van der Waals surface area contributed by atoms with Gasteiger partial charge in [0.1, 0.15) is 12.4 Å². The van der Waals surface area contributed by atoms with E-state index in [-0.39, 0.29) is 19.2 Å². The molecule has 0 aliphatic carbocycles. The number of aryl methyl sites for hydroxylation is 1. The Morgan fingerprint density at radius 2 is 2.03 bits per heavy atom. The molecule has 3 N–H and O–H groups in total. The Kier molecular flexibility index (Phi) is 6.76. The first kappa shape index (κ1) is 20.7. The molecule has 9 nitrogen and oxygen atoms in total. The summed E-state index contributed by atoms with van der Waals surface area (Å²) in [5.74, 6) is 1.19. The number of amides is 2. The lowest BCUT2D eigenvalue weighted by molar-refractivity contribution is -0.138. The number of esters is 1. The van der Waals surface area contributed by atoms with Gasteiger partial charge in [0.05, 0.1) is 18.2 Å². The van der Waals surface area contributed by atoms with Crippen molar-refractivity contribution < 1.29 is 19.1 Å². The molecule has 29 heavy (non-hydrogen) atoms. The highest BCUT2D eigenvalue weighted by Crippen LogP contribution is 2.22. The Hall–Kier alpha value is -3.01. The normalized spacial score (nSPS) is 16.2. The van der Waals surface area contributed by atoms with E-state index in [1.807, 2.05) is 31.2 Å². The van der Waals surface area contributed by atoms with E-state index in [1.54, 1.807) is 13.8 Å². The molecule has 0 unspecified atom stereocenters. The molecule has 2 amide bonds. The molecule has 154 valence electrons. The molecule has 2 heterocycles. The molecular formula is C19H23N5O4S. The third-order valence-electron chi connectivity index (χ3n) is 4.12. The second-order valence-electron chi connectivity index (χ2n) is 6.39. The Bertz CT molecular complexity index is 910. The topological polar surface area (TPSA) is 118 Å². The van der Waals surface area contributed by atoms with Gasteiger partial charge < -0.3 is 20.1 Å². The number of benzene rings is 1. The Morgan fingerprint density at radius 1 is 1.28 bits per heavy atom. The monoisotopic (exact) mass is 417 g/mol. The minimum atomic E-state index is -0.453. The lowest BCUT2D eigenvalue weighted by Crippen LogP contribution is -2.49. The molecule has 2 aromatic rings. The summed E-state index contributed by atoms with van der Waals surface area (Å²) in [6, 6.07) is 6.94. The largest absolute Gasteiger partial charge is 0.486 e. The van der Waals surface area contributed by atoms with E-state index in [4.69, 9.17) is 9.47 Å². The SMILES string of the molecule is CCOC(=O)C1=C(CSc2n[nH]c(COc3ccc(C)cc3)n2)NC(=O)N[C@H]1C. The zero-order chi connectivity index (χ0) is 20.8. The highest BCUT2D eigenvalue weighted by atomic mass is 32.2. The van der Waals surface area contributed by atoms with Crippen LogP contribution in [-0.2, 0) is 16.1 Å². The first-order chi connectivity index (χ1) is 14.0. The van der Waals surface area contributed by atoms with E-state index in [0.717, 1.165) is 11.3 Å². The van der Waals surface area contributed by atoms with Crippen molar-refractivity contribution in [1.82, 2.24) is 25.8 Å². The molecule has 0 spiro atoms. The van der Waals surface area contributed by atoms with Crippen molar-refractivity contribution in [2.75, 3.05) is 12.4 Å². The number of H-pyrrole nitrogens is 1. The van der Waals surface area contributed by atoms with Gasteiger partial charge in [-0.3, -0.25) is 5.10 Å². The van der Waals surface area contributed by atoms with Crippen LogP contribution in [0, 0.1) is 6.92 Å². The van der Waals surface area contributed by atoms with Gasteiger partial charge in [-0.25, -0.2) is 14.6 Å². The minimum absolute atomic E-state index is 0.255. The zero-order valence-corrected chi connectivity index (χ0v) is 17.3. The van der Waals surface area contributed by atoms with Crippen LogP contribution in [0.15, 0.2) is 40.7 Å². The lowest BCUT2D eigenvalue weighted by Gasteiger charge is -2.26. The molecular weight excluding hydrogens is 394 g/mol. The number of urea groups is 1. The van der Waals surface area contributed by atoms with Gasteiger partial charge in [0.25, 0.3) is 0 Å². The first-order valence-electron chi connectivity index (χ1n) is 9.17. The number of nitrogens with one attached hydrogen (secondary N) is 3. The number of hydrogen-bond acceptors (Lipinski definition) is 7. The van der Waals surface area contributed by atoms with Gasteiger partial charge in [-0.1, -0.05) is 29.5 Å². The van der Waals surface area contributed by atoms with Gasteiger partial charge in [0.2, 0.25) is 5.16 Å². The van der Waals surface area contributed by atoms with E-state index in [9.17, 15) is 9.59 Å². The molecule has 1 aliphatic rings. The summed E-state index contributed by atoms with van der Waals surface area (Å²) < 4.78 is 10.8. The number of nitrogens with zero attached hydrogens (tertiary/aromatic N) is 2. The van der Waals surface area contributed by atoms with Crippen LogP contribution < -0.4 is 15.4 Å². The Morgan fingerprint density at radius 3 is 2.76 bits per heavy atom. The average Bonchev–Trinajstić information content (AvgIpc) is 3.13. The van der Waals surface area contributed by atoms with Crippen molar-refractivity contribution >= 4 is 23.8 Å². The van der Waals surface area contributed by atoms with Gasteiger partial charge in [0, 0.05) is 11.4 Å². The lowest BCUT2D eigenvalue weighted by atomic mass is 10.1. The second kappa shape index (κ2) is 9.46. The maximum absolute atomic E-state index is 12.2. The Labute approximate surface area is 172 Å². The molecule has 1 atom stereocenters. The second-order valence-corrected chi connectivity index (χ2v) is 7.33. The number of aromatic amines is 1. The fourth-order valence-corrected chi connectivity index (χ4v) is 3.51. The molecule has 1 aromatic carbocycles. The van der Waals surface area contributed by atoms with Crippen molar-refractivity contribution in [3.63, 3.8) is 0 Å². The number of thioether (sulfide) groups is 1. The predicted molar refractivity (Wildman–Crippen MR) is 107 cm³/mol. The van der Waals surface area contributed by atoms with E-state index < -0.39 is 12.0 Å². The fraction of sp³-hybridized carbons (Fsp3) is 0.368. The van der Waals surface area contributed by atoms with Crippen molar-refractivity contribution in [2.45, 2.75) is 38.6 Å². The van der Waals surface area contributed by atoms with E-state index >= 15 is 0 Å². The van der Waals surface area contributed by atoms with Crippen molar-refractivity contribution in [3.8, 4) is 5.75 Å². The number of ether oxygens (including phenoxy) is 2. The maximum atomic E-state index is 12.2. The number of aromatic nitrogens is 3. The highest BCUT2D eigenvalue weighted by molar-refractivity contribution is 7.99. The number of carbonyl (C=O) groups is 2. The summed E-state index contributed by atoms with van der Waals surface area (Å²) in [7, 11) is 0. The fourth-order valence-electron chi connectivity index (χ4n) is 2.72. The van der Waals surface area contributed by atoms with Crippen LogP contribution in [0.25, 0.3) is 0 Å². The molecule has 1 aliphatic heterocycles. The predicted octanol–water partition coefficient (Wildman–Crippen LogP) is 2.30. The average molecular weight is 417 g/mol. The summed E-state index contributed by atoms with van der Waals surface area (Å²) in [6.07, 6.45) is 0. The Balaban J connectivity index is 1.62. The molecule has 10 heteroatoms. The third-order valence-corrected chi connectivity index (χ3v) is 4.99. The first-order valence-corrected chi connectivity index (χ1v) is 10.2. The number of hydrogen-bond donors (Lipinski definition) is 3. The van der Waals surface area contributed by atoms with E-state index in [0.29, 0.717) is 28.0 Å². The van der Waals surface area contributed by atoms with Crippen molar-refractivity contribution in [3.05, 3.63) is 46.9 Å². The summed E-state index contributed by atoms with van der Waals surface area (Å²) in [5.41, 5.74) is 2.05. The van der Waals surface area contributed by atoms with Gasteiger partial charge in [-0.2, -0.15) is 0 Å². The van der Waals surface area contributed by atoms with Crippen LogP contribution in [0.5, 0.6) is 5.75 Å². The van der Waals surface area contributed by atoms with Gasteiger partial charge in [-0.15, -0.1) is 5.10 Å². The molecule has 0 saturated carbocycles. The van der Waals surface area contributed by atoms with Gasteiger partial charge >= 0.3 is 12.0 Å². The zero-order valence-electron chi connectivity index (χ0n) is 16.4. The summed E-state index contributed by atoms with van der Waals surface area (Å²) in [6.45, 7) is 6.00. The molecule has 0 fully saturated rings. The molecule has 3 rings (SSSR count). The van der Waals surface area contributed by atoms with Crippen LogP contribution in [0.1, 0.15) is 25.2 Å². The molecule has 0 bridgehead atoms. The summed E-state index contributed by atoms with van der Waals surface area (Å²) in [4.78, 5) is 28.4. The molecule has 1 aromatic heterocycles. The maximum Gasteiger partial charge on any atom is 0.337 e. The van der Waals surface area contributed by atoms with Gasteiger partial charge in [-0.05, 0) is 32.9 Å². The van der Waals surface area contributed by atoms with Crippen molar-refractivity contribution in [2.24, 2.45) is 0 Å². The standard InChI is InChI=1S/C19H23N5O4S/c1-4-27-17(25)16-12(3)20-18(26)21-14(16)10-29-19-22-15(23-24-19)9-28-13-7-5-11(2)6-8-13/h5-8,12H,4,9-10H2,1-3H3,(H2,20,21,26)(H,22,23,24)/t12-/m0/s1. The highest BCUT2D eigenvalue weighted by Gasteiger charge is 2.29. The van der Waals surface area contributed by atoms with E-state index in [2.05, 4.69) is 25.8 Å². The van der Waals surface area contributed by atoms with Crippen LogP contribution in [0.4, 0.5) is 4.79 Å². The van der Waals surface area contributed by atoms with Gasteiger partial charge in [0.15, 0.2) is 5.82 Å². The summed E-state index contributed by atoms with van der Waals surface area (Å²) in [5, 5.41) is 12.8. The molecule has 0 radical (unpaired) electrons. The van der Waals surface area contributed by atoms with E-state index in [1.165, 1.54) is 11.8 Å². The van der Waals surface area contributed by atoms with Crippen LogP contribution in [-0.4, -0.2) is 45.6 Å². The quantitative estimate of drug-likeness (QED) is 0.445. The third kappa shape index (κ3) is 5.50. The van der Waals surface area contributed by atoms with Crippen LogP contribution in [0.2, 0.25) is 0 Å². The minimum Gasteiger partial charge on any atom is -0.486 e. The summed E-state index contributed by atoms with van der Waals surface area (Å²) >= 11 is 1.30. The van der Waals surface area contributed by atoms with Crippen LogP contribution >= 0.6 is 11.8 Å². The van der Waals surface area contributed by atoms with Crippen LogP contribution in [0.3, 0.4) is 0 Å².